The molecule has 1 aliphatic rings. The minimum absolute atomic E-state index is 0.00231. The zero-order chi connectivity index (χ0) is 11.4. The lowest BCUT2D eigenvalue weighted by Gasteiger charge is -2.10. The van der Waals surface area contributed by atoms with Gasteiger partial charge in [-0.15, -0.1) is 0 Å². The molecule has 0 aromatic heterocycles. The second-order valence-corrected chi connectivity index (χ2v) is 3.67. The number of halogens is 1. The molecule has 1 aromatic rings. The Kier molecular flexibility index (Phi) is 3.48. The summed E-state index contributed by atoms with van der Waals surface area (Å²) in [5.41, 5.74) is 2.58. The highest BCUT2D eigenvalue weighted by atomic mass is 19.1. The van der Waals surface area contributed by atoms with E-state index in [0.29, 0.717) is 0 Å². The van der Waals surface area contributed by atoms with Gasteiger partial charge < -0.3 is 5.32 Å². The molecule has 0 saturated carbocycles. The lowest BCUT2D eigenvalue weighted by atomic mass is 10.2. The van der Waals surface area contributed by atoms with Crippen LogP contribution in [0.1, 0.15) is 16.8 Å². The first kappa shape index (κ1) is 11.0. The van der Waals surface area contributed by atoms with E-state index < -0.39 is 11.7 Å². The molecule has 1 unspecified atom stereocenters. The number of hydrogen-bond acceptors (Lipinski definition) is 3. The molecule has 0 aliphatic carbocycles. The Labute approximate surface area is 92.7 Å². The van der Waals surface area contributed by atoms with Crippen LogP contribution < -0.4 is 10.8 Å². The van der Waals surface area contributed by atoms with E-state index in [1.165, 1.54) is 24.3 Å². The fourth-order valence-electron chi connectivity index (χ4n) is 1.55. The van der Waals surface area contributed by atoms with Crippen LogP contribution in [0.3, 0.4) is 0 Å². The molecule has 0 spiro atoms. The Morgan fingerprint density at radius 3 is 3.12 bits per heavy atom. The van der Waals surface area contributed by atoms with E-state index >= 15 is 0 Å². The number of rotatable bonds is 3. The second-order valence-electron chi connectivity index (χ2n) is 3.67. The molecule has 1 amide bonds. The molecular formula is C11H13FN2O2. The van der Waals surface area contributed by atoms with Gasteiger partial charge in [-0.3, -0.25) is 9.63 Å². The first-order valence-electron chi connectivity index (χ1n) is 5.18. The number of hydroxylamine groups is 1. The fraction of sp³-hybridized carbons (Fsp3) is 0.364. The molecule has 0 radical (unpaired) electrons. The van der Waals surface area contributed by atoms with Gasteiger partial charge in [0.15, 0.2) is 0 Å². The zero-order valence-electron chi connectivity index (χ0n) is 8.70. The van der Waals surface area contributed by atoms with Crippen LogP contribution in [0.15, 0.2) is 24.3 Å². The van der Waals surface area contributed by atoms with Crippen molar-refractivity contribution in [2.75, 3.05) is 13.1 Å². The van der Waals surface area contributed by atoms with Crippen LogP contribution in [-0.4, -0.2) is 25.1 Å². The fourth-order valence-corrected chi connectivity index (χ4v) is 1.55. The van der Waals surface area contributed by atoms with Crippen molar-refractivity contribution in [1.29, 1.82) is 0 Å². The molecule has 2 N–H and O–H groups in total. The molecular weight excluding hydrogens is 211 g/mol. The van der Waals surface area contributed by atoms with Crippen molar-refractivity contribution in [1.82, 2.24) is 10.8 Å². The van der Waals surface area contributed by atoms with Crippen molar-refractivity contribution < 1.29 is 14.0 Å². The third-order valence-corrected chi connectivity index (χ3v) is 2.42. The predicted octanol–water partition coefficient (Wildman–Crippen LogP) is 0.849. The molecule has 0 bridgehead atoms. The SMILES string of the molecule is O=C(NOC1CCNC1)c1cccc(F)c1. The Hall–Kier alpha value is -1.46. The Balaban J connectivity index is 1.87. The van der Waals surface area contributed by atoms with Crippen LogP contribution in [0, 0.1) is 5.82 Å². The Morgan fingerprint density at radius 2 is 2.44 bits per heavy atom. The average Bonchev–Trinajstić information content (AvgIpc) is 2.78. The van der Waals surface area contributed by atoms with Crippen LogP contribution in [0.5, 0.6) is 0 Å². The van der Waals surface area contributed by atoms with E-state index in [1.807, 2.05) is 0 Å². The largest absolute Gasteiger partial charge is 0.314 e. The summed E-state index contributed by atoms with van der Waals surface area (Å²) in [6.07, 6.45) is 0.862. The van der Waals surface area contributed by atoms with Crippen molar-refractivity contribution in [2.24, 2.45) is 0 Å². The van der Waals surface area contributed by atoms with Crippen molar-refractivity contribution in [3.63, 3.8) is 0 Å². The maximum Gasteiger partial charge on any atom is 0.274 e. The van der Waals surface area contributed by atoms with Crippen molar-refractivity contribution in [3.05, 3.63) is 35.6 Å². The molecule has 86 valence electrons. The van der Waals surface area contributed by atoms with E-state index in [1.54, 1.807) is 0 Å². The minimum Gasteiger partial charge on any atom is -0.314 e. The third-order valence-electron chi connectivity index (χ3n) is 2.42. The van der Waals surface area contributed by atoms with Crippen LogP contribution >= 0.6 is 0 Å². The van der Waals surface area contributed by atoms with E-state index in [2.05, 4.69) is 10.8 Å². The Morgan fingerprint density at radius 1 is 1.56 bits per heavy atom. The maximum absolute atomic E-state index is 12.8. The molecule has 2 rings (SSSR count). The summed E-state index contributed by atoms with van der Waals surface area (Å²) in [6, 6.07) is 5.49. The van der Waals surface area contributed by atoms with Gasteiger partial charge in [-0.25, -0.2) is 9.87 Å². The van der Waals surface area contributed by atoms with E-state index in [9.17, 15) is 9.18 Å². The molecule has 1 atom stereocenters. The number of hydrogen-bond donors (Lipinski definition) is 2. The second kappa shape index (κ2) is 5.05. The van der Waals surface area contributed by atoms with E-state index in [0.717, 1.165) is 19.5 Å². The van der Waals surface area contributed by atoms with Gasteiger partial charge >= 0.3 is 0 Å². The molecule has 1 saturated heterocycles. The number of carbonyl (C=O) groups excluding carboxylic acids is 1. The molecule has 16 heavy (non-hydrogen) atoms. The van der Waals surface area contributed by atoms with Crippen molar-refractivity contribution >= 4 is 5.91 Å². The Bertz CT molecular complexity index is 378. The summed E-state index contributed by atoms with van der Waals surface area (Å²) >= 11 is 0. The highest BCUT2D eigenvalue weighted by Gasteiger charge is 2.16. The minimum atomic E-state index is -0.435. The van der Waals surface area contributed by atoms with Gasteiger partial charge in [-0.1, -0.05) is 6.07 Å². The molecule has 4 nitrogen and oxygen atoms in total. The number of amides is 1. The first-order chi connectivity index (χ1) is 7.75. The van der Waals surface area contributed by atoms with Gasteiger partial charge in [0.1, 0.15) is 5.82 Å². The van der Waals surface area contributed by atoms with Gasteiger partial charge in [-0.05, 0) is 31.2 Å². The quantitative estimate of drug-likeness (QED) is 0.748. The summed E-state index contributed by atoms with van der Waals surface area (Å²) in [6.45, 7) is 1.62. The van der Waals surface area contributed by atoms with Gasteiger partial charge in [0.05, 0.1) is 6.10 Å². The van der Waals surface area contributed by atoms with Crippen molar-refractivity contribution in [2.45, 2.75) is 12.5 Å². The van der Waals surface area contributed by atoms with E-state index in [4.69, 9.17) is 4.84 Å². The van der Waals surface area contributed by atoms with Gasteiger partial charge in [0.25, 0.3) is 5.91 Å². The van der Waals surface area contributed by atoms with Gasteiger partial charge in [0, 0.05) is 12.1 Å². The van der Waals surface area contributed by atoms with E-state index in [-0.39, 0.29) is 11.7 Å². The molecule has 1 heterocycles. The number of nitrogens with one attached hydrogen (secondary N) is 2. The molecule has 1 aliphatic heterocycles. The topological polar surface area (TPSA) is 50.4 Å². The summed E-state index contributed by atoms with van der Waals surface area (Å²) in [5.74, 6) is -0.860. The van der Waals surface area contributed by atoms with Crippen LogP contribution in [0.2, 0.25) is 0 Å². The zero-order valence-corrected chi connectivity index (χ0v) is 8.70. The molecule has 5 heteroatoms. The molecule has 1 aromatic carbocycles. The smallest absolute Gasteiger partial charge is 0.274 e. The van der Waals surface area contributed by atoms with Gasteiger partial charge in [-0.2, -0.15) is 0 Å². The maximum atomic E-state index is 12.8. The summed E-state index contributed by atoms with van der Waals surface area (Å²) in [4.78, 5) is 16.7. The van der Waals surface area contributed by atoms with Crippen LogP contribution in [-0.2, 0) is 4.84 Å². The van der Waals surface area contributed by atoms with Crippen LogP contribution in [0.25, 0.3) is 0 Å². The first-order valence-corrected chi connectivity index (χ1v) is 5.18. The standard InChI is InChI=1S/C11H13FN2O2/c12-9-3-1-2-8(6-9)11(15)14-16-10-4-5-13-7-10/h1-3,6,10,13H,4-5,7H2,(H,14,15). The van der Waals surface area contributed by atoms with Gasteiger partial charge in [0.2, 0.25) is 0 Å². The highest BCUT2D eigenvalue weighted by Crippen LogP contribution is 2.05. The lowest BCUT2D eigenvalue weighted by Crippen LogP contribution is -2.30. The molecule has 1 fully saturated rings. The number of carbonyl (C=O) groups is 1. The summed E-state index contributed by atoms with van der Waals surface area (Å²) < 4.78 is 12.8. The summed E-state index contributed by atoms with van der Waals surface area (Å²) in [5, 5.41) is 3.11. The predicted molar refractivity (Wildman–Crippen MR) is 56.2 cm³/mol. The third kappa shape index (κ3) is 2.77. The monoisotopic (exact) mass is 224 g/mol. The lowest BCUT2D eigenvalue weighted by molar-refractivity contribution is -0.00682. The average molecular weight is 224 g/mol. The number of benzene rings is 1. The normalized spacial score (nSPS) is 19.7. The van der Waals surface area contributed by atoms with Crippen LogP contribution in [0.4, 0.5) is 4.39 Å². The highest BCUT2D eigenvalue weighted by molar-refractivity contribution is 5.93. The van der Waals surface area contributed by atoms with Crippen molar-refractivity contribution in [3.8, 4) is 0 Å². The summed E-state index contributed by atoms with van der Waals surface area (Å²) in [7, 11) is 0.